The Hall–Kier alpha value is -0.120. The second kappa shape index (κ2) is 5.03. The summed E-state index contributed by atoms with van der Waals surface area (Å²) in [7, 11) is 2.24. The van der Waals surface area contributed by atoms with Crippen molar-refractivity contribution in [3.8, 4) is 0 Å². The first kappa shape index (κ1) is 12.3. The molecule has 1 aliphatic carbocycles. The maximum absolute atomic E-state index is 5.72. The van der Waals surface area contributed by atoms with E-state index in [0.717, 1.165) is 6.54 Å². The summed E-state index contributed by atoms with van der Waals surface area (Å²) in [6, 6.07) is 0.711. The van der Waals surface area contributed by atoms with Crippen LogP contribution in [-0.4, -0.2) is 55.6 Å². The van der Waals surface area contributed by atoms with E-state index in [0.29, 0.717) is 11.5 Å². The summed E-state index contributed by atoms with van der Waals surface area (Å²) in [5.41, 5.74) is 6.32. The van der Waals surface area contributed by atoms with E-state index in [9.17, 15) is 0 Å². The normalized spacial score (nSPS) is 31.3. The van der Waals surface area contributed by atoms with Crippen LogP contribution in [0.5, 0.6) is 0 Å². The van der Waals surface area contributed by atoms with Crippen molar-refractivity contribution in [3.63, 3.8) is 0 Å². The molecule has 0 amide bonds. The Labute approximate surface area is 100.0 Å². The van der Waals surface area contributed by atoms with Gasteiger partial charge in [0.1, 0.15) is 0 Å². The van der Waals surface area contributed by atoms with Gasteiger partial charge in [0.25, 0.3) is 0 Å². The number of nitrogens with zero attached hydrogens (tertiary/aromatic N) is 2. The fraction of sp³-hybridized carbons (Fsp3) is 1.00. The number of rotatable bonds is 4. The third kappa shape index (κ3) is 2.96. The SMILES string of the molecule is CC1CN(C)CCCN1CC1(CCN)CC1. The topological polar surface area (TPSA) is 32.5 Å². The fourth-order valence-electron chi connectivity index (χ4n) is 3.06. The van der Waals surface area contributed by atoms with Crippen LogP contribution in [0.1, 0.15) is 32.6 Å². The van der Waals surface area contributed by atoms with Crippen molar-refractivity contribution < 1.29 is 0 Å². The molecule has 1 saturated heterocycles. The molecule has 1 aliphatic heterocycles. The highest BCUT2D eigenvalue weighted by molar-refractivity contribution is 4.96. The molecule has 94 valence electrons. The molecule has 3 heteroatoms. The lowest BCUT2D eigenvalue weighted by atomic mass is 10.0. The summed E-state index contributed by atoms with van der Waals surface area (Å²) in [6.07, 6.45) is 5.36. The minimum atomic E-state index is 0.603. The minimum Gasteiger partial charge on any atom is -0.330 e. The molecule has 0 aromatic heterocycles. The molecule has 1 unspecified atom stereocenters. The largest absolute Gasteiger partial charge is 0.330 e. The Kier molecular flexibility index (Phi) is 3.88. The second-order valence-corrected chi connectivity index (χ2v) is 5.97. The second-order valence-electron chi connectivity index (χ2n) is 5.97. The van der Waals surface area contributed by atoms with Gasteiger partial charge >= 0.3 is 0 Å². The molecule has 1 atom stereocenters. The average Bonchev–Trinajstić information content (AvgIpc) is 2.97. The molecule has 0 bridgehead atoms. The van der Waals surface area contributed by atoms with Crippen molar-refractivity contribution in [1.82, 2.24) is 9.80 Å². The Morgan fingerprint density at radius 2 is 2.06 bits per heavy atom. The fourth-order valence-corrected chi connectivity index (χ4v) is 3.06. The van der Waals surface area contributed by atoms with Crippen LogP contribution in [0.4, 0.5) is 0 Å². The highest BCUT2D eigenvalue weighted by atomic mass is 15.2. The van der Waals surface area contributed by atoms with Crippen LogP contribution in [0.2, 0.25) is 0 Å². The van der Waals surface area contributed by atoms with Gasteiger partial charge in [-0.05, 0) is 64.7 Å². The van der Waals surface area contributed by atoms with Gasteiger partial charge in [-0.25, -0.2) is 0 Å². The van der Waals surface area contributed by atoms with Crippen LogP contribution in [-0.2, 0) is 0 Å². The van der Waals surface area contributed by atoms with Gasteiger partial charge in [0, 0.05) is 19.1 Å². The first-order valence-corrected chi connectivity index (χ1v) is 6.78. The van der Waals surface area contributed by atoms with Gasteiger partial charge in [-0.2, -0.15) is 0 Å². The summed E-state index contributed by atoms with van der Waals surface area (Å²) in [4.78, 5) is 5.17. The van der Waals surface area contributed by atoms with Crippen LogP contribution in [0.25, 0.3) is 0 Å². The molecule has 16 heavy (non-hydrogen) atoms. The van der Waals surface area contributed by atoms with Crippen LogP contribution in [0, 0.1) is 5.41 Å². The molecule has 1 saturated carbocycles. The van der Waals surface area contributed by atoms with Gasteiger partial charge in [0.15, 0.2) is 0 Å². The molecule has 0 radical (unpaired) electrons. The standard InChI is InChI=1S/C13H27N3/c1-12-10-15(2)8-3-9-16(12)11-13(4-5-13)6-7-14/h12H,3-11,14H2,1-2H3. The zero-order valence-electron chi connectivity index (χ0n) is 10.9. The lowest BCUT2D eigenvalue weighted by Crippen LogP contribution is -2.41. The van der Waals surface area contributed by atoms with E-state index >= 15 is 0 Å². The summed E-state index contributed by atoms with van der Waals surface area (Å²) in [5.74, 6) is 0. The number of likely N-dealkylation sites (N-methyl/N-ethyl adjacent to an activating group) is 1. The summed E-state index contributed by atoms with van der Waals surface area (Å²) < 4.78 is 0. The van der Waals surface area contributed by atoms with E-state index in [2.05, 4.69) is 23.8 Å². The van der Waals surface area contributed by atoms with Gasteiger partial charge in [-0.1, -0.05) is 0 Å². The van der Waals surface area contributed by atoms with E-state index in [4.69, 9.17) is 5.73 Å². The van der Waals surface area contributed by atoms with Gasteiger partial charge in [-0.3, -0.25) is 4.90 Å². The van der Waals surface area contributed by atoms with E-state index in [1.165, 1.54) is 51.9 Å². The number of nitrogens with two attached hydrogens (primary N) is 1. The predicted molar refractivity (Wildman–Crippen MR) is 68.5 cm³/mol. The van der Waals surface area contributed by atoms with Crippen LogP contribution < -0.4 is 5.73 Å². The molecule has 1 heterocycles. The molecule has 0 aromatic rings. The average molecular weight is 225 g/mol. The van der Waals surface area contributed by atoms with Crippen LogP contribution in [0.15, 0.2) is 0 Å². The minimum absolute atomic E-state index is 0.603. The van der Waals surface area contributed by atoms with Crippen molar-refractivity contribution >= 4 is 0 Å². The molecule has 2 N–H and O–H groups in total. The monoisotopic (exact) mass is 225 g/mol. The zero-order valence-corrected chi connectivity index (χ0v) is 10.9. The molecule has 2 fully saturated rings. The Morgan fingerprint density at radius 3 is 2.69 bits per heavy atom. The van der Waals surface area contributed by atoms with Crippen LogP contribution in [0.3, 0.4) is 0 Å². The third-order valence-corrected chi connectivity index (χ3v) is 4.35. The zero-order chi connectivity index (χ0) is 11.6. The molecular formula is C13H27N3. The van der Waals surface area contributed by atoms with Gasteiger partial charge in [0.2, 0.25) is 0 Å². The Balaban J connectivity index is 1.88. The lowest BCUT2D eigenvalue weighted by molar-refractivity contribution is 0.162. The highest BCUT2D eigenvalue weighted by Gasteiger charge is 2.43. The summed E-state index contributed by atoms with van der Waals surface area (Å²) >= 11 is 0. The van der Waals surface area contributed by atoms with E-state index in [-0.39, 0.29) is 0 Å². The number of hydrogen-bond acceptors (Lipinski definition) is 3. The lowest BCUT2D eigenvalue weighted by Gasteiger charge is -2.31. The maximum atomic E-state index is 5.72. The molecular weight excluding hydrogens is 198 g/mol. The Bertz CT molecular complexity index is 225. The van der Waals surface area contributed by atoms with Crippen molar-refractivity contribution in [2.24, 2.45) is 11.1 Å². The maximum Gasteiger partial charge on any atom is 0.0195 e. The van der Waals surface area contributed by atoms with Gasteiger partial charge < -0.3 is 10.6 Å². The molecule has 3 nitrogen and oxygen atoms in total. The smallest absolute Gasteiger partial charge is 0.0195 e. The van der Waals surface area contributed by atoms with Crippen molar-refractivity contribution in [2.75, 3.05) is 39.8 Å². The molecule has 2 aliphatic rings. The summed E-state index contributed by atoms with van der Waals surface area (Å²) in [6.45, 7) is 8.28. The van der Waals surface area contributed by atoms with Crippen LogP contribution >= 0.6 is 0 Å². The van der Waals surface area contributed by atoms with Crippen molar-refractivity contribution in [2.45, 2.75) is 38.6 Å². The predicted octanol–water partition coefficient (Wildman–Crippen LogP) is 1.14. The highest BCUT2D eigenvalue weighted by Crippen LogP contribution is 2.49. The van der Waals surface area contributed by atoms with E-state index < -0.39 is 0 Å². The Morgan fingerprint density at radius 1 is 1.31 bits per heavy atom. The van der Waals surface area contributed by atoms with Gasteiger partial charge in [-0.15, -0.1) is 0 Å². The number of hydrogen-bond donors (Lipinski definition) is 1. The van der Waals surface area contributed by atoms with Crippen molar-refractivity contribution in [1.29, 1.82) is 0 Å². The van der Waals surface area contributed by atoms with E-state index in [1.54, 1.807) is 0 Å². The third-order valence-electron chi connectivity index (χ3n) is 4.35. The quantitative estimate of drug-likeness (QED) is 0.779. The van der Waals surface area contributed by atoms with Gasteiger partial charge in [0.05, 0.1) is 0 Å². The van der Waals surface area contributed by atoms with E-state index in [1.807, 2.05) is 0 Å². The first-order chi connectivity index (χ1) is 7.65. The van der Waals surface area contributed by atoms with Crippen molar-refractivity contribution in [3.05, 3.63) is 0 Å². The molecule has 0 spiro atoms. The summed E-state index contributed by atoms with van der Waals surface area (Å²) in [5, 5.41) is 0. The molecule has 2 rings (SSSR count). The molecule has 0 aromatic carbocycles. The first-order valence-electron chi connectivity index (χ1n) is 6.78.